The number of aromatic hydroxyl groups is 1. The van der Waals surface area contributed by atoms with E-state index in [4.69, 9.17) is 0 Å². The summed E-state index contributed by atoms with van der Waals surface area (Å²) in [5.41, 5.74) is 1.41. The minimum Gasteiger partial charge on any atom is -0.508 e. The molecule has 104 valence electrons. The Morgan fingerprint density at radius 1 is 1.32 bits per heavy atom. The summed E-state index contributed by atoms with van der Waals surface area (Å²) in [5.74, 6) is 0.869. The second-order valence-electron chi connectivity index (χ2n) is 5.75. The molecule has 0 spiro atoms. The average molecular weight is 261 g/mol. The molecule has 0 aliphatic heterocycles. The van der Waals surface area contributed by atoms with E-state index in [1.165, 1.54) is 19.3 Å². The van der Waals surface area contributed by atoms with E-state index in [-0.39, 0.29) is 11.7 Å². The van der Waals surface area contributed by atoms with Gasteiger partial charge in [-0.05, 0) is 49.4 Å². The van der Waals surface area contributed by atoms with E-state index in [9.17, 15) is 9.90 Å². The number of benzene rings is 1. The second-order valence-corrected chi connectivity index (χ2v) is 5.75. The van der Waals surface area contributed by atoms with Crippen molar-refractivity contribution in [1.82, 2.24) is 4.90 Å². The number of phenolic OH excluding ortho intramolecular Hbond substituents is 1. The first-order chi connectivity index (χ1) is 9.00. The molecule has 2 unspecified atom stereocenters. The predicted octanol–water partition coefficient (Wildman–Crippen LogP) is 3.35. The minimum atomic E-state index is 0.0573. The van der Waals surface area contributed by atoms with Gasteiger partial charge in [-0.1, -0.05) is 19.8 Å². The van der Waals surface area contributed by atoms with E-state index in [1.807, 2.05) is 18.9 Å². The van der Waals surface area contributed by atoms with Crippen molar-refractivity contribution in [3.05, 3.63) is 29.3 Å². The van der Waals surface area contributed by atoms with Crippen LogP contribution in [0.25, 0.3) is 0 Å². The molecule has 3 nitrogen and oxygen atoms in total. The number of carbonyl (C=O) groups excluding carboxylic acids is 1. The molecule has 3 heteroatoms. The van der Waals surface area contributed by atoms with Gasteiger partial charge in [0.1, 0.15) is 5.75 Å². The first-order valence-corrected chi connectivity index (χ1v) is 7.07. The smallest absolute Gasteiger partial charge is 0.253 e. The van der Waals surface area contributed by atoms with Crippen LogP contribution in [0.1, 0.15) is 48.5 Å². The molecule has 1 aromatic carbocycles. The van der Waals surface area contributed by atoms with Crippen LogP contribution in [0.3, 0.4) is 0 Å². The SMILES string of the molecule is Cc1cc(C(=O)N(C)C2CCCCC2C)ccc1O. The number of carbonyl (C=O) groups is 1. The number of nitrogens with zero attached hydrogens (tertiary/aromatic N) is 1. The molecule has 1 amide bonds. The van der Waals surface area contributed by atoms with Crippen LogP contribution in [0.4, 0.5) is 0 Å². The molecule has 19 heavy (non-hydrogen) atoms. The number of hydrogen-bond acceptors (Lipinski definition) is 2. The minimum absolute atomic E-state index is 0.0573. The summed E-state index contributed by atoms with van der Waals surface area (Å²) in [5, 5.41) is 9.53. The van der Waals surface area contributed by atoms with Crippen LogP contribution in [0.2, 0.25) is 0 Å². The topological polar surface area (TPSA) is 40.5 Å². The highest BCUT2D eigenvalue weighted by Crippen LogP contribution is 2.28. The van der Waals surface area contributed by atoms with Crippen molar-refractivity contribution in [2.45, 2.75) is 45.6 Å². The molecule has 1 aliphatic rings. The highest BCUT2D eigenvalue weighted by molar-refractivity contribution is 5.94. The van der Waals surface area contributed by atoms with Gasteiger partial charge in [-0.3, -0.25) is 4.79 Å². The molecule has 0 radical (unpaired) electrons. The monoisotopic (exact) mass is 261 g/mol. The molecule has 1 aromatic rings. The van der Waals surface area contributed by atoms with E-state index in [0.717, 1.165) is 12.0 Å². The lowest BCUT2D eigenvalue weighted by Gasteiger charge is -2.36. The van der Waals surface area contributed by atoms with Gasteiger partial charge in [0.25, 0.3) is 5.91 Å². The van der Waals surface area contributed by atoms with Gasteiger partial charge >= 0.3 is 0 Å². The van der Waals surface area contributed by atoms with Gasteiger partial charge in [-0.15, -0.1) is 0 Å². The number of aryl methyl sites for hydroxylation is 1. The van der Waals surface area contributed by atoms with Crippen LogP contribution < -0.4 is 0 Å². The zero-order valence-electron chi connectivity index (χ0n) is 12.0. The van der Waals surface area contributed by atoms with Crippen molar-refractivity contribution in [1.29, 1.82) is 0 Å². The van der Waals surface area contributed by atoms with Crippen molar-refractivity contribution in [2.24, 2.45) is 5.92 Å². The third-order valence-electron chi connectivity index (χ3n) is 4.33. The van der Waals surface area contributed by atoms with Crippen LogP contribution in [0.5, 0.6) is 5.75 Å². The molecule has 1 fully saturated rings. The van der Waals surface area contributed by atoms with Gasteiger partial charge in [0, 0.05) is 18.7 Å². The molecule has 0 heterocycles. The maximum absolute atomic E-state index is 12.5. The fourth-order valence-corrected chi connectivity index (χ4v) is 3.01. The Morgan fingerprint density at radius 2 is 2.00 bits per heavy atom. The van der Waals surface area contributed by atoms with E-state index in [2.05, 4.69) is 6.92 Å². The van der Waals surface area contributed by atoms with Crippen LogP contribution in [-0.2, 0) is 0 Å². The van der Waals surface area contributed by atoms with Crippen molar-refractivity contribution in [3.8, 4) is 5.75 Å². The lowest BCUT2D eigenvalue weighted by molar-refractivity contribution is 0.0629. The maximum Gasteiger partial charge on any atom is 0.253 e. The van der Waals surface area contributed by atoms with Gasteiger partial charge < -0.3 is 10.0 Å². The molecule has 1 aliphatic carbocycles. The van der Waals surface area contributed by atoms with Crippen molar-refractivity contribution >= 4 is 5.91 Å². The first-order valence-electron chi connectivity index (χ1n) is 7.07. The van der Waals surface area contributed by atoms with Crippen molar-refractivity contribution in [2.75, 3.05) is 7.05 Å². The number of phenols is 1. The Bertz CT molecular complexity index is 470. The third kappa shape index (κ3) is 2.91. The predicted molar refractivity (Wildman–Crippen MR) is 76.4 cm³/mol. The Labute approximate surface area is 115 Å². The zero-order chi connectivity index (χ0) is 14.0. The van der Waals surface area contributed by atoms with Gasteiger partial charge in [-0.25, -0.2) is 0 Å². The number of amides is 1. The molecular weight excluding hydrogens is 238 g/mol. The van der Waals surface area contributed by atoms with E-state index >= 15 is 0 Å². The summed E-state index contributed by atoms with van der Waals surface area (Å²) < 4.78 is 0. The third-order valence-corrected chi connectivity index (χ3v) is 4.33. The van der Waals surface area contributed by atoms with Crippen LogP contribution in [0.15, 0.2) is 18.2 Å². The fourth-order valence-electron chi connectivity index (χ4n) is 3.01. The van der Waals surface area contributed by atoms with E-state index in [0.29, 0.717) is 17.5 Å². The lowest BCUT2D eigenvalue weighted by atomic mass is 9.85. The quantitative estimate of drug-likeness (QED) is 0.887. The van der Waals surface area contributed by atoms with Gasteiger partial charge in [0.05, 0.1) is 0 Å². The Balaban J connectivity index is 2.15. The standard InChI is InChI=1S/C16H23NO2/c1-11-6-4-5-7-14(11)17(3)16(19)13-8-9-15(18)12(2)10-13/h8-11,14,18H,4-7H2,1-3H3. The summed E-state index contributed by atoms with van der Waals surface area (Å²) in [7, 11) is 1.90. The Hall–Kier alpha value is -1.51. The fraction of sp³-hybridized carbons (Fsp3) is 0.562. The van der Waals surface area contributed by atoms with Crippen molar-refractivity contribution < 1.29 is 9.90 Å². The van der Waals surface area contributed by atoms with Crippen LogP contribution >= 0.6 is 0 Å². The second kappa shape index (κ2) is 5.64. The molecule has 1 saturated carbocycles. The summed E-state index contributed by atoms with van der Waals surface area (Å²) in [6, 6.07) is 5.41. The molecule has 0 bridgehead atoms. The van der Waals surface area contributed by atoms with Crippen LogP contribution in [0, 0.1) is 12.8 Å². The first kappa shape index (κ1) is 13.9. The number of hydrogen-bond donors (Lipinski definition) is 1. The van der Waals surface area contributed by atoms with Crippen LogP contribution in [-0.4, -0.2) is 29.0 Å². The molecule has 2 rings (SSSR count). The highest BCUT2D eigenvalue weighted by atomic mass is 16.3. The zero-order valence-corrected chi connectivity index (χ0v) is 12.0. The molecule has 0 aromatic heterocycles. The summed E-state index contributed by atoms with van der Waals surface area (Å²) in [6.45, 7) is 4.05. The summed E-state index contributed by atoms with van der Waals surface area (Å²) in [4.78, 5) is 14.4. The maximum atomic E-state index is 12.5. The van der Waals surface area contributed by atoms with Crippen molar-refractivity contribution in [3.63, 3.8) is 0 Å². The summed E-state index contributed by atoms with van der Waals surface area (Å²) in [6.07, 6.45) is 4.79. The Kier molecular flexibility index (Phi) is 4.13. The van der Waals surface area contributed by atoms with E-state index in [1.54, 1.807) is 18.2 Å². The largest absolute Gasteiger partial charge is 0.508 e. The van der Waals surface area contributed by atoms with Gasteiger partial charge in [-0.2, -0.15) is 0 Å². The molecule has 1 N–H and O–H groups in total. The molecule has 2 atom stereocenters. The molecular formula is C16H23NO2. The van der Waals surface area contributed by atoms with Gasteiger partial charge in [0.15, 0.2) is 0 Å². The Morgan fingerprint density at radius 3 is 2.63 bits per heavy atom. The number of rotatable bonds is 2. The highest BCUT2D eigenvalue weighted by Gasteiger charge is 2.28. The normalized spacial score (nSPS) is 23.1. The lowest BCUT2D eigenvalue weighted by Crippen LogP contribution is -2.42. The molecule has 0 saturated heterocycles. The average Bonchev–Trinajstić information content (AvgIpc) is 2.41. The summed E-state index contributed by atoms with van der Waals surface area (Å²) >= 11 is 0. The van der Waals surface area contributed by atoms with E-state index < -0.39 is 0 Å². The van der Waals surface area contributed by atoms with Gasteiger partial charge in [0.2, 0.25) is 0 Å².